The maximum atomic E-state index is 7.50. The summed E-state index contributed by atoms with van der Waals surface area (Å²) in [4.78, 5) is 7.50. The van der Waals surface area contributed by atoms with Gasteiger partial charge in [-0.2, -0.15) is 0 Å². The van der Waals surface area contributed by atoms with Gasteiger partial charge in [0.05, 0.1) is 0 Å². The van der Waals surface area contributed by atoms with E-state index in [4.69, 9.17) is 4.79 Å². The van der Waals surface area contributed by atoms with E-state index in [2.05, 4.69) is 133 Å². The van der Waals surface area contributed by atoms with Gasteiger partial charge in [-0.3, -0.25) is 0 Å². The second kappa shape index (κ2) is 18.3. The Bertz CT molecular complexity index is 886. The van der Waals surface area contributed by atoms with Gasteiger partial charge in [-0.15, -0.1) is 0 Å². The van der Waals surface area contributed by atoms with Crippen molar-refractivity contribution in [1.82, 2.24) is 5.32 Å². The summed E-state index contributed by atoms with van der Waals surface area (Å²) in [5, 5.41) is 9.60. The van der Waals surface area contributed by atoms with Gasteiger partial charge < -0.3 is 18.3 Å². The number of hydrogen-bond donors (Lipinski definition) is 1. The van der Waals surface area contributed by atoms with E-state index in [1.54, 1.807) is 0 Å². The quantitative estimate of drug-likeness (QED) is 0.134. The van der Waals surface area contributed by atoms with Crippen molar-refractivity contribution in [2.75, 3.05) is 25.4 Å². The Kier molecular flexibility index (Phi) is 16.3. The van der Waals surface area contributed by atoms with Crippen LogP contribution in [0.1, 0.15) is 1.43 Å². The van der Waals surface area contributed by atoms with Crippen LogP contribution < -0.4 is 26.5 Å². The molecule has 1 N–H and O–H groups in total. The fourth-order valence-corrected chi connectivity index (χ4v) is 8.27. The van der Waals surface area contributed by atoms with Crippen molar-refractivity contribution >= 4 is 52.3 Å². The number of hydrogen-bond acceptors (Lipinski definition) is 2. The van der Waals surface area contributed by atoms with E-state index in [0.29, 0.717) is 0 Å². The minimum Gasteiger partial charge on any atom is -1.00 e. The van der Waals surface area contributed by atoms with E-state index >= 15 is 0 Å². The summed E-state index contributed by atoms with van der Waals surface area (Å²) in [7, 11) is -0.655. The first-order chi connectivity index (χ1) is 16.4. The molecule has 1 radical (unpaired) electrons. The summed E-state index contributed by atoms with van der Waals surface area (Å²) in [6.45, 7) is 6.59. The molecule has 0 bridgehead atoms. The molecule has 6 heteroatoms. The van der Waals surface area contributed by atoms with Crippen LogP contribution >= 0.6 is 15.8 Å². The molecule has 0 saturated heterocycles. The van der Waals surface area contributed by atoms with Crippen LogP contribution in [-0.4, -0.2) is 40.6 Å². The molecule has 183 valence electrons. The number of benzene rings is 4. The molecule has 0 heterocycles. The van der Waals surface area contributed by atoms with Crippen LogP contribution in [0.25, 0.3) is 0 Å². The molecular weight excluding hydrogens is 552 g/mol. The zero-order valence-corrected chi connectivity index (χ0v) is 22.6. The largest absolute Gasteiger partial charge is 2.00 e. The molecule has 0 aliphatic heterocycles. The fourth-order valence-electron chi connectivity index (χ4n) is 3.75. The van der Waals surface area contributed by atoms with Crippen LogP contribution in [0.15, 0.2) is 121 Å². The van der Waals surface area contributed by atoms with Gasteiger partial charge in [0, 0.05) is 0 Å². The molecule has 2 nitrogen and oxygen atoms in total. The molecule has 0 spiro atoms. The third kappa shape index (κ3) is 9.91. The molecule has 0 atom stereocenters. The van der Waals surface area contributed by atoms with Crippen LogP contribution in [0.3, 0.4) is 0 Å². The predicted octanol–water partition coefficient (Wildman–Crippen LogP) is 3.10. The predicted molar refractivity (Wildman–Crippen MR) is 159 cm³/mol. The second-order valence-corrected chi connectivity index (χ2v) is 12.1. The summed E-state index contributed by atoms with van der Waals surface area (Å²) in [6, 6.07) is 44.0. The van der Waals surface area contributed by atoms with E-state index in [1.807, 2.05) is 0 Å². The molecule has 0 saturated carbocycles. The topological polar surface area (TPSA) is 29.1 Å². The average Bonchev–Trinajstić information content (AvgIpc) is 2.91. The molecule has 4 aromatic carbocycles. The number of nitrogens with one attached hydrogen (secondary N) is 1. The maximum Gasteiger partial charge on any atom is 2.00 e. The third-order valence-corrected chi connectivity index (χ3v) is 10.3. The van der Waals surface area contributed by atoms with Crippen molar-refractivity contribution in [1.29, 1.82) is 0 Å². The van der Waals surface area contributed by atoms with Gasteiger partial charge in [-0.1, -0.05) is 130 Å². The zero-order chi connectivity index (χ0) is 23.1. The molecule has 0 aliphatic rings. The monoisotopic (exact) mass is 587 g/mol. The summed E-state index contributed by atoms with van der Waals surface area (Å²) in [5.41, 5.74) is 0. The average molecular weight is 586 g/mol. The van der Waals surface area contributed by atoms with Gasteiger partial charge in [-0.05, 0) is 62.5 Å². The van der Waals surface area contributed by atoms with Crippen molar-refractivity contribution in [3.05, 3.63) is 121 Å². The number of carbonyl (C=O) groups excluding carboxylic acids is 1. The van der Waals surface area contributed by atoms with Crippen molar-refractivity contribution in [2.45, 2.75) is 0 Å². The van der Waals surface area contributed by atoms with Crippen LogP contribution in [0.4, 0.5) is 0 Å². The van der Waals surface area contributed by atoms with E-state index in [-0.39, 0.29) is 45.2 Å². The van der Waals surface area contributed by atoms with Crippen LogP contribution in [0.2, 0.25) is 0 Å². The molecule has 0 amide bonds. The molecule has 35 heavy (non-hydrogen) atoms. The molecule has 4 rings (SSSR count). The molecule has 0 fully saturated rings. The Morgan fingerprint density at radius 3 is 0.971 bits per heavy atom. The summed E-state index contributed by atoms with van der Waals surface area (Å²) >= 11 is 0. The van der Waals surface area contributed by atoms with Crippen LogP contribution in [0.5, 0.6) is 0 Å². The number of rotatable bonds is 10. The Morgan fingerprint density at radius 2 is 0.743 bits per heavy atom. The van der Waals surface area contributed by atoms with Gasteiger partial charge in [0.2, 0.25) is 0 Å². The third-order valence-electron chi connectivity index (χ3n) is 5.30. The molecule has 0 aromatic heterocycles. The normalized spacial score (nSPS) is 10.0. The Balaban J connectivity index is 0.00000239. The zero-order valence-electron chi connectivity index (χ0n) is 20.0. The molecule has 0 unspecified atom stereocenters. The van der Waals surface area contributed by atoms with Crippen molar-refractivity contribution in [2.24, 2.45) is 0 Å². The first-order valence-electron chi connectivity index (χ1n) is 11.1. The van der Waals surface area contributed by atoms with Gasteiger partial charge in [-0.25, -0.2) is 0 Å². The molecule has 4 aromatic rings. The summed E-state index contributed by atoms with van der Waals surface area (Å²) in [5.74, 6) is 0. The maximum absolute atomic E-state index is 7.50. The van der Waals surface area contributed by atoms with E-state index in [9.17, 15) is 0 Å². The van der Waals surface area contributed by atoms with Gasteiger partial charge in [0.25, 0.3) is 0 Å². The Hall–Kier alpha value is -1.94. The minimum atomic E-state index is -0.328. The second-order valence-electron chi connectivity index (χ2n) is 7.40. The SMILES string of the molecule is [BH4-].[C-]=O.[H-].[Ru+2].c1ccc(P(CCNCCP(c2ccccc2)c2ccccc2)c2ccccc2)cc1. The van der Waals surface area contributed by atoms with E-state index in [1.165, 1.54) is 21.2 Å². The standard InChI is InChI=1S/C28H29NP2.CO.BH4.Ru.H/c1-5-13-25(14-6-1)30(26-15-7-2-8-16-26)23-21-29-22-24-31(27-17-9-3-10-18-27)28-19-11-4-12-20-28;1-2;;;/h1-20,29H,21-24H2;;1H4;;/q;2*-1;+2;-1. The fraction of sp³-hybridized carbons (Fsp3) is 0.138. The van der Waals surface area contributed by atoms with Gasteiger partial charge in [0.1, 0.15) is 0 Å². The van der Waals surface area contributed by atoms with E-state index < -0.39 is 0 Å². The summed E-state index contributed by atoms with van der Waals surface area (Å²) in [6.07, 6.45) is 2.33. The first kappa shape index (κ1) is 31.1. The Morgan fingerprint density at radius 1 is 0.514 bits per heavy atom. The first-order valence-corrected chi connectivity index (χ1v) is 14.1. The van der Waals surface area contributed by atoms with Crippen molar-refractivity contribution in [3.8, 4) is 0 Å². The molecular formula is C29H34BNOP2Ru-. The van der Waals surface area contributed by atoms with Crippen molar-refractivity contribution in [3.63, 3.8) is 0 Å². The van der Waals surface area contributed by atoms with Crippen LogP contribution in [0, 0.1) is 0 Å². The van der Waals surface area contributed by atoms with Crippen LogP contribution in [-0.2, 0) is 24.3 Å². The van der Waals surface area contributed by atoms with Gasteiger partial charge >= 0.3 is 19.5 Å². The summed E-state index contributed by atoms with van der Waals surface area (Å²) < 4.78 is 0. The Labute approximate surface area is 229 Å². The molecule has 0 aliphatic carbocycles. The van der Waals surface area contributed by atoms with E-state index in [0.717, 1.165) is 25.4 Å². The minimum absolute atomic E-state index is 0. The van der Waals surface area contributed by atoms with Gasteiger partial charge in [0.15, 0.2) is 0 Å². The van der Waals surface area contributed by atoms with Crippen molar-refractivity contribution < 1.29 is 25.7 Å². The smallest absolute Gasteiger partial charge is 1.00 e.